The van der Waals surface area contributed by atoms with Crippen LogP contribution in [-0.4, -0.2) is 70.1 Å². The van der Waals surface area contributed by atoms with Gasteiger partial charge in [0, 0.05) is 79.5 Å². The molecule has 4 aromatic rings. The van der Waals surface area contributed by atoms with Crippen molar-refractivity contribution in [3.63, 3.8) is 0 Å². The number of carbonyl (C=O) groups excluding carboxylic acids is 1. The van der Waals surface area contributed by atoms with Gasteiger partial charge in [0.2, 0.25) is 5.95 Å². The number of fused-ring (bicyclic) bond motifs is 1. The van der Waals surface area contributed by atoms with Gasteiger partial charge < -0.3 is 30.6 Å². The molecule has 0 aliphatic carbocycles. The third-order valence-electron chi connectivity index (χ3n) is 6.42. The van der Waals surface area contributed by atoms with Crippen LogP contribution in [0.15, 0.2) is 78.8 Å². The summed E-state index contributed by atoms with van der Waals surface area (Å²) in [5.41, 5.74) is 4.76. The van der Waals surface area contributed by atoms with E-state index < -0.39 is 0 Å². The number of ether oxygens (including phenoxy) is 1. The fraction of sp³-hybridized carbons (Fsp3) is 0.214. The summed E-state index contributed by atoms with van der Waals surface area (Å²) in [5.74, 6) is 1.19. The van der Waals surface area contributed by atoms with Crippen molar-refractivity contribution >= 4 is 28.4 Å². The number of amides is 1. The van der Waals surface area contributed by atoms with Crippen LogP contribution in [0.2, 0.25) is 0 Å². The smallest absolute Gasteiger partial charge is 0.270 e. The quantitative estimate of drug-likeness (QED) is 0.300. The standard InChI is InChI=1S/C28H28N8O2/c37-27(36-12-10-29-11-13-36)26-15-20-14-21(3-4-23(20)34-26)33-28-32-9-6-24(35-28)25-16-22(5-8-31-25)38-18-19-2-1-7-30-17-19/h1-6,8-9,14-17,29-30,34H,7,10-13,18H2,(H,32,33,35). The molecule has 1 saturated heterocycles. The van der Waals surface area contributed by atoms with Crippen LogP contribution in [0.4, 0.5) is 11.6 Å². The van der Waals surface area contributed by atoms with Gasteiger partial charge >= 0.3 is 0 Å². The number of hydrogen-bond acceptors (Lipinski definition) is 8. The van der Waals surface area contributed by atoms with E-state index in [1.54, 1.807) is 12.4 Å². The Morgan fingerprint density at radius 1 is 1.03 bits per heavy atom. The molecule has 4 N–H and O–H groups in total. The maximum atomic E-state index is 12.9. The summed E-state index contributed by atoms with van der Waals surface area (Å²) in [7, 11) is 0. The number of hydrogen-bond donors (Lipinski definition) is 4. The van der Waals surface area contributed by atoms with Gasteiger partial charge in [0.05, 0.1) is 11.4 Å². The van der Waals surface area contributed by atoms with Gasteiger partial charge in [-0.05, 0) is 36.4 Å². The van der Waals surface area contributed by atoms with E-state index in [9.17, 15) is 4.79 Å². The van der Waals surface area contributed by atoms with Gasteiger partial charge in [-0.3, -0.25) is 9.78 Å². The lowest BCUT2D eigenvalue weighted by Gasteiger charge is -2.26. The fourth-order valence-electron chi connectivity index (χ4n) is 4.47. The number of dihydropyridines is 1. The van der Waals surface area contributed by atoms with Crippen molar-refractivity contribution in [3.05, 3.63) is 84.5 Å². The van der Waals surface area contributed by atoms with Gasteiger partial charge in [-0.1, -0.05) is 12.2 Å². The normalized spacial score (nSPS) is 15.2. The molecule has 192 valence electrons. The number of rotatable bonds is 7. The van der Waals surface area contributed by atoms with Crippen molar-refractivity contribution in [1.82, 2.24) is 35.5 Å². The van der Waals surface area contributed by atoms with Gasteiger partial charge in [0.15, 0.2) is 0 Å². The van der Waals surface area contributed by atoms with Crippen LogP contribution in [0.5, 0.6) is 5.75 Å². The zero-order valence-corrected chi connectivity index (χ0v) is 20.8. The van der Waals surface area contributed by atoms with E-state index in [1.165, 1.54) is 0 Å². The van der Waals surface area contributed by atoms with Gasteiger partial charge in [0.25, 0.3) is 5.91 Å². The first kappa shape index (κ1) is 23.7. The minimum Gasteiger partial charge on any atom is -0.489 e. The number of anilines is 2. The van der Waals surface area contributed by atoms with Crippen molar-refractivity contribution in [3.8, 4) is 17.1 Å². The Morgan fingerprint density at radius 3 is 2.79 bits per heavy atom. The summed E-state index contributed by atoms with van der Waals surface area (Å²) in [5, 5.41) is 10.7. The molecule has 1 aromatic carbocycles. The number of pyridine rings is 1. The zero-order chi connectivity index (χ0) is 25.7. The predicted molar refractivity (Wildman–Crippen MR) is 146 cm³/mol. The number of benzene rings is 1. The van der Waals surface area contributed by atoms with Gasteiger partial charge in [-0.15, -0.1) is 0 Å². The molecule has 0 unspecified atom stereocenters. The highest BCUT2D eigenvalue weighted by Crippen LogP contribution is 2.25. The maximum absolute atomic E-state index is 12.9. The molecular formula is C28H28N8O2. The number of aromatic nitrogens is 4. The lowest BCUT2D eigenvalue weighted by Crippen LogP contribution is -2.46. The molecule has 10 heteroatoms. The number of carbonyl (C=O) groups is 1. The van der Waals surface area contributed by atoms with Crippen LogP contribution in [0.1, 0.15) is 10.5 Å². The molecule has 0 atom stereocenters. The number of piperazine rings is 1. The second-order valence-electron chi connectivity index (χ2n) is 9.11. The second-order valence-corrected chi connectivity index (χ2v) is 9.11. The first-order valence-corrected chi connectivity index (χ1v) is 12.6. The largest absolute Gasteiger partial charge is 0.489 e. The van der Waals surface area contributed by atoms with Gasteiger partial charge in [-0.2, -0.15) is 0 Å². The molecule has 10 nitrogen and oxygen atoms in total. The number of nitrogens with one attached hydrogen (secondary N) is 4. The molecule has 0 saturated carbocycles. The first-order chi connectivity index (χ1) is 18.7. The maximum Gasteiger partial charge on any atom is 0.270 e. The van der Waals surface area contributed by atoms with Crippen molar-refractivity contribution in [2.45, 2.75) is 0 Å². The van der Waals surface area contributed by atoms with Crippen LogP contribution < -0.4 is 20.7 Å². The molecule has 2 aliphatic rings. The Morgan fingerprint density at radius 2 is 1.92 bits per heavy atom. The van der Waals surface area contributed by atoms with E-state index in [2.05, 4.69) is 48.0 Å². The summed E-state index contributed by atoms with van der Waals surface area (Å²) in [6, 6.07) is 13.3. The van der Waals surface area contributed by atoms with Crippen LogP contribution >= 0.6 is 0 Å². The predicted octanol–water partition coefficient (Wildman–Crippen LogP) is 3.23. The minimum absolute atomic E-state index is 0.0237. The van der Waals surface area contributed by atoms with E-state index >= 15 is 0 Å². The molecule has 0 bridgehead atoms. The molecule has 6 rings (SSSR count). The number of aromatic amines is 1. The summed E-state index contributed by atoms with van der Waals surface area (Å²) in [4.78, 5) is 31.5. The van der Waals surface area contributed by atoms with Crippen molar-refractivity contribution in [2.75, 3.05) is 44.6 Å². The molecule has 1 fully saturated rings. The Kier molecular flexibility index (Phi) is 6.69. The van der Waals surface area contributed by atoms with Crippen molar-refractivity contribution in [2.24, 2.45) is 0 Å². The molecule has 3 aromatic heterocycles. The van der Waals surface area contributed by atoms with Crippen LogP contribution in [-0.2, 0) is 0 Å². The highest BCUT2D eigenvalue weighted by Gasteiger charge is 2.19. The summed E-state index contributed by atoms with van der Waals surface area (Å²) >= 11 is 0. The Balaban J connectivity index is 1.16. The third-order valence-corrected chi connectivity index (χ3v) is 6.42. The summed E-state index contributed by atoms with van der Waals surface area (Å²) in [6.07, 6.45) is 9.48. The molecule has 1 amide bonds. The van der Waals surface area contributed by atoms with E-state index in [0.717, 1.165) is 41.8 Å². The van der Waals surface area contributed by atoms with E-state index in [4.69, 9.17) is 4.74 Å². The lowest BCUT2D eigenvalue weighted by atomic mass is 10.2. The third kappa shape index (κ3) is 5.35. The van der Waals surface area contributed by atoms with Gasteiger partial charge in [-0.25, -0.2) is 9.97 Å². The average molecular weight is 509 g/mol. The topological polar surface area (TPSA) is 120 Å². The molecule has 38 heavy (non-hydrogen) atoms. The highest BCUT2D eigenvalue weighted by molar-refractivity contribution is 5.98. The molecule has 0 radical (unpaired) electrons. The zero-order valence-electron chi connectivity index (χ0n) is 20.8. The second kappa shape index (κ2) is 10.7. The monoisotopic (exact) mass is 508 g/mol. The van der Waals surface area contributed by atoms with E-state index in [1.807, 2.05) is 53.6 Å². The minimum atomic E-state index is 0.0237. The Labute approximate surface area is 219 Å². The molecular weight excluding hydrogens is 480 g/mol. The number of nitrogens with zero attached hydrogens (tertiary/aromatic N) is 4. The average Bonchev–Trinajstić information content (AvgIpc) is 3.41. The Hall–Kier alpha value is -4.70. The van der Waals surface area contributed by atoms with Crippen LogP contribution in [0.25, 0.3) is 22.3 Å². The van der Waals surface area contributed by atoms with Crippen molar-refractivity contribution < 1.29 is 9.53 Å². The fourth-order valence-corrected chi connectivity index (χ4v) is 4.47. The Bertz CT molecular complexity index is 1520. The lowest BCUT2D eigenvalue weighted by molar-refractivity contribution is 0.0731. The van der Waals surface area contributed by atoms with E-state index in [0.29, 0.717) is 48.5 Å². The van der Waals surface area contributed by atoms with Gasteiger partial charge in [0.1, 0.15) is 18.1 Å². The molecule has 5 heterocycles. The van der Waals surface area contributed by atoms with Crippen LogP contribution in [0, 0.1) is 0 Å². The molecule has 0 spiro atoms. The van der Waals surface area contributed by atoms with Crippen molar-refractivity contribution in [1.29, 1.82) is 0 Å². The summed E-state index contributed by atoms with van der Waals surface area (Å²) < 4.78 is 5.94. The van der Waals surface area contributed by atoms with Crippen LogP contribution in [0.3, 0.4) is 0 Å². The summed E-state index contributed by atoms with van der Waals surface area (Å²) in [6.45, 7) is 4.37. The van der Waals surface area contributed by atoms with E-state index in [-0.39, 0.29) is 5.91 Å². The molecule has 2 aliphatic heterocycles. The first-order valence-electron chi connectivity index (χ1n) is 12.6. The number of H-pyrrole nitrogens is 1. The SMILES string of the molecule is O=C(c1cc2cc(Nc3nccc(-c4cc(OCC5=CNCC=C5)ccn4)n3)ccc2[nH]1)N1CCNCC1. The highest BCUT2D eigenvalue weighted by atomic mass is 16.5.